The van der Waals surface area contributed by atoms with Crippen LogP contribution in [-0.4, -0.2) is 0 Å². The van der Waals surface area contributed by atoms with E-state index in [0.29, 0.717) is 5.92 Å². The third-order valence-corrected chi connectivity index (χ3v) is 3.33. The fourth-order valence-corrected chi connectivity index (χ4v) is 2.51. The summed E-state index contributed by atoms with van der Waals surface area (Å²) in [6, 6.07) is 8.61. The molecule has 1 aromatic rings. The summed E-state index contributed by atoms with van der Waals surface area (Å²) in [6.07, 6.45) is 2.73. The molecule has 0 unspecified atom stereocenters. The SMILES string of the molecule is C=C(C)[C@H](c1cccc(Br)c1)C1CC1. The molecule has 0 amide bonds. The summed E-state index contributed by atoms with van der Waals surface area (Å²) in [6.45, 7) is 6.25. The van der Waals surface area contributed by atoms with Crippen molar-refractivity contribution in [2.45, 2.75) is 25.7 Å². The number of rotatable bonds is 3. The van der Waals surface area contributed by atoms with Crippen LogP contribution in [0, 0.1) is 5.92 Å². The second-order valence-electron chi connectivity index (χ2n) is 4.22. The van der Waals surface area contributed by atoms with Crippen molar-refractivity contribution in [2.75, 3.05) is 0 Å². The van der Waals surface area contributed by atoms with Crippen LogP contribution in [0.15, 0.2) is 40.9 Å². The van der Waals surface area contributed by atoms with E-state index in [1.807, 2.05) is 0 Å². The molecule has 0 bridgehead atoms. The predicted octanol–water partition coefficient (Wildman–Crippen LogP) is 4.52. The molecular formula is C13H15Br. The lowest BCUT2D eigenvalue weighted by molar-refractivity contribution is 0.691. The monoisotopic (exact) mass is 250 g/mol. The normalized spacial score (nSPS) is 17.9. The van der Waals surface area contributed by atoms with Gasteiger partial charge in [-0.3, -0.25) is 0 Å². The number of allylic oxidation sites excluding steroid dienone is 1. The van der Waals surface area contributed by atoms with Crippen molar-refractivity contribution < 1.29 is 0 Å². The highest BCUT2D eigenvalue weighted by atomic mass is 79.9. The van der Waals surface area contributed by atoms with Gasteiger partial charge in [-0.05, 0) is 43.4 Å². The second kappa shape index (κ2) is 3.90. The Bertz CT molecular complexity index is 350. The molecule has 0 heterocycles. The molecule has 1 aromatic carbocycles. The summed E-state index contributed by atoms with van der Waals surface area (Å²) in [7, 11) is 0. The van der Waals surface area contributed by atoms with Crippen LogP contribution in [0.1, 0.15) is 31.2 Å². The van der Waals surface area contributed by atoms with E-state index < -0.39 is 0 Å². The summed E-state index contributed by atoms with van der Waals surface area (Å²) in [4.78, 5) is 0. The van der Waals surface area contributed by atoms with E-state index in [9.17, 15) is 0 Å². The molecule has 2 rings (SSSR count). The molecule has 0 N–H and O–H groups in total. The van der Waals surface area contributed by atoms with Crippen LogP contribution in [0.4, 0.5) is 0 Å². The third-order valence-electron chi connectivity index (χ3n) is 2.83. The molecule has 1 aliphatic carbocycles. The molecule has 1 saturated carbocycles. The second-order valence-corrected chi connectivity index (χ2v) is 5.13. The summed E-state index contributed by atoms with van der Waals surface area (Å²) in [5, 5.41) is 0. The molecule has 1 atom stereocenters. The number of hydrogen-bond donors (Lipinski definition) is 0. The van der Waals surface area contributed by atoms with Crippen molar-refractivity contribution in [3.8, 4) is 0 Å². The number of benzene rings is 1. The van der Waals surface area contributed by atoms with Crippen LogP contribution in [0.25, 0.3) is 0 Å². The molecule has 0 nitrogen and oxygen atoms in total. The third kappa shape index (κ3) is 2.09. The first kappa shape index (κ1) is 9.97. The highest BCUT2D eigenvalue weighted by Gasteiger charge is 2.32. The Balaban J connectivity index is 2.30. The quantitative estimate of drug-likeness (QED) is 0.693. The molecule has 0 radical (unpaired) electrons. The molecule has 0 spiro atoms. The predicted molar refractivity (Wildman–Crippen MR) is 64.4 cm³/mol. The van der Waals surface area contributed by atoms with Crippen molar-refractivity contribution in [2.24, 2.45) is 5.92 Å². The van der Waals surface area contributed by atoms with E-state index in [0.717, 1.165) is 5.92 Å². The van der Waals surface area contributed by atoms with Gasteiger partial charge in [0.2, 0.25) is 0 Å². The molecule has 14 heavy (non-hydrogen) atoms. The molecule has 1 fully saturated rings. The van der Waals surface area contributed by atoms with Gasteiger partial charge in [-0.2, -0.15) is 0 Å². The van der Waals surface area contributed by atoms with Crippen LogP contribution in [0.3, 0.4) is 0 Å². The van der Waals surface area contributed by atoms with Crippen LogP contribution in [-0.2, 0) is 0 Å². The van der Waals surface area contributed by atoms with Gasteiger partial charge in [-0.15, -0.1) is 0 Å². The van der Waals surface area contributed by atoms with Gasteiger partial charge in [0.05, 0.1) is 0 Å². The summed E-state index contributed by atoms with van der Waals surface area (Å²) < 4.78 is 1.17. The lowest BCUT2D eigenvalue weighted by atomic mass is 9.89. The zero-order chi connectivity index (χ0) is 10.1. The fraction of sp³-hybridized carbons (Fsp3) is 0.385. The minimum Gasteiger partial charge on any atom is -0.0995 e. The standard InChI is InChI=1S/C13H15Br/c1-9(2)13(10-6-7-10)11-4-3-5-12(14)8-11/h3-5,8,10,13H,1,6-7H2,2H3/t13-/m0/s1. The van der Waals surface area contributed by atoms with Gasteiger partial charge in [0.1, 0.15) is 0 Å². The van der Waals surface area contributed by atoms with Crippen molar-refractivity contribution in [3.05, 3.63) is 46.5 Å². The summed E-state index contributed by atoms with van der Waals surface area (Å²) in [5.74, 6) is 1.43. The molecule has 0 saturated heterocycles. The largest absolute Gasteiger partial charge is 0.0995 e. The van der Waals surface area contributed by atoms with E-state index in [2.05, 4.69) is 53.7 Å². The van der Waals surface area contributed by atoms with Gasteiger partial charge in [-0.25, -0.2) is 0 Å². The highest BCUT2D eigenvalue weighted by molar-refractivity contribution is 9.10. The van der Waals surface area contributed by atoms with Gasteiger partial charge < -0.3 is 0 Å². The molecule has 0 aromatic heterocycles. The minimum absolute atomic E-state index is 0.576. The molecule has 74 valence electrons. The maximum atomic E-state index is 4.11. The van der Waals surface area contributed by atoms with Crippen molar-refractivity contribution in [3.63, 3.8) is 0 Å². The lowest BCUT2D eigenvalue weighted by Gasteiger charge is -2.16. The number of hydrogen-bond acceptors (Lipinski definition) is 0. The maximum absolute atomic E-state index is 4.11. The van der Waals surface area contributed by atoms with Crippen LogP contribution in [0.2, 0.25) is 0 Å². The van der Waals surface area contributed by atoms with Gasteiger partial charge in [0.15, 0.2) is 0 Å². The Labute approximate surface area is 94.2 Å². The lowest BCUT2D eigenvalue weighted by Crippen LogP contribution is -2.01. The van der Waals surface area contributed by atoms with E-state index in [1.165, 1.54) is 28.5 Å². The topological polar surface area (TPSA) is 0 Å². The average molecular weight is 251 g/mol. The molecule has 1 aliphatic rings. The first-order valence-electron chi connectivity index (χ1n) is 5.09. The fourth-order valence-electron chi connectivity index (χ4n) is 2.09. The molecular weight excluding hydrogens is 236 g/mol. The summed E-state index contributed by atoms with van der Waals surface area (Å²) in [5.41, 5.74) is 2.71. The first-order chi connectivity index (χ1) is 6.68. The highest BCUT2D eigenvalue weighted by Crippen LogP contribution is 2.46. The zero-order valence-electron chi connectivity index (χ0n) is 8.46. The van der Waals surface area contributed by atoms with E-state index in [1.54, 1.807) is 0 Å². The van der Waals surface area contributed by atoms with Crippen molar-refractivity contribution in [1.82, 2.24) is 0 Å². The van der Waals surface area contributed by atoms with E-state index in [4.69, 9.17) is 0 Å². The van der Waals surface area contributed by atoms with E-state index in [-0.39, 0.29) is 0 Å². The van der Waals surface area contributed by atoms with Gasteiger partial charge >= 0.3 is 0 Å². The minimum atomic E-state index is 0.576. The first-order valence-corrected chi connectivity index (χ1v) is 5.88. The van der Waals surface area contributed by atoms with Crippen molar-refractivity contribution in [1.29, 1.82) is 0 Å². The molecule has 1 heteroatoms. The number of halogens is 1. The average Bonchev–Trinajstić information content (AvgIpc) is 2.88. The molecule has 0 aliphatic heterocycles. The Morgan fingerprint density at radius 2 is 2.21 bits per heavy atom. The van der Waals surface area contributed by atoms with Gasteiger partial charge in [0.25, 0.3) is 0 Å². The van der Waals surface area contributed by atoms with Crippen LogP contribution < -0.4 is 0 Å². The Morgan fingerprint density at radius 3 is 2.71 bits per heavy atom. The smallest absolute Gasteiger partial charge is 0.0178 e. The van der Waals surface area contributed by atoms with Gasteiger partial charge in [-0.1, -0.05) is 40.2 Å². The Kier molecular flexibility index (Phi) is 2.78. The maximum Gasteiger partial charge on any atom is 0.0178 e. The van der Waals surface area contributed by atoms with Crippen LogP contribution >= 0.6 is 15.9 Å². The van der Waals surface area contributed by atoms with Crippen LogP contribution in [0.5, 0.6) is 0 Å². The Morgan fingerprint density at radius 1 is 1.50 bits per heavy atom. The van der Waals surface area contributed by atoms with Crippen molar-refractivity contribution >= 4 is 15.9 Å². The Hall–Kier alpha value is -0.560. The van der Waals surface area contributed by atoms with E-state index >= 15 is 0 Å². The van der Waals surface area contributed by atoms with Gasteiger partial charge in [0, 0.05) is 10.4 Å². The summed E-state index contributed by atoms with van der Waals surface area (Å²) >= 11 is 3.52. The zero-order valence-corrected chi connectivity index (χ0v) is 10.0.